The van der Waals surface area contributed by atoms with Crippen LogP contribution >= 0.6 is 0 Å². The standard InChI is InChI=1S/C29H58N8/c1-3-29(27-37-23-7-15-33-19-17-31-11-5-13-35-21-25-37)9-8-28(2)26-36-22-6-14-32-18-16-30-10-4-12-34-20-24-36/h3,8-9,30-35H,2,4-7,10-27H2,1H3/b9-8-,29-3+. The maximum atomic E-state index is 4.41. The zero-order chi connectivity index (χ0) is 26.2. The highest BCUT2D eigenvalue weighted by molar-refractivity contribution is 5.27. The monoisotopic (exact) mass is 518 g/mol. The molecule has 2 aliphatic heterocycles. The van der Waals surface area contributed by atoms with Gasteiger partial charge in [0.25, 0.3) is 0 Å². The van der Waals surface area contributed by atoms with E-state index in [-0.39, 0.29) is 0 Å². The molecule has 2 fully saturated rings. The quantitative estimate of drug-likeness (QED) is 0.288. The summed E-state index contributed by atoms with van der Waals surface area (Å²) in [5.41, 5.74) is 2.57. The van der Waals surface area contributed by atoms with Gasteiger partial charge >= 0.3 is 0 Å². The van der Waals surface area contributed by atoms with Crippen LogP contribution in [0.5, 0.6) is 0 Å². The van der Waals surface area contributed by atoms with Crippen molar-refractivity contribution < 1.29 is 0 Å². The van der Waals surface area contributed by atoms with E-state index >= 15 is 0 Å². The predicted octanol–water partition coefficient (Wildman–Crippen LogP) is 0.774. The van der Waals surface area contributed by atoms with Gasteiger partial charge in [-0.3, -0.25) is 9.80 Å². The molecule has 2 rings (SSSR count). The minimum absolute atomic E-state index is 0.935. The highest BCUT2D eigenvalue weighted by Gasteiger charge is 2.09. The van der Waals surface area contributed by atoms with Crippen LogP contribution in [0.2, 0.25) is 0 Å². The molecule has 214 valence electrons. The number of allylic oxidation sites excluding steroid dienone is 1. The third kappa shape index (κ3) is 17.9. The molecule has 2 saturated heterocycles. The smallest absolute Gasteiger partial charge is 0.0231 e. The Morgan fingerprint density at radius 2 is 0.973 bits per heavy atom. The molecular formula is C29H58N8. The van der Waals surface area contributed by atoms with Gasteiger partial charge in [-0.2, -0.15) is 0 Å². The third-order valence-corrected chi connectivity index (χ3v) is 6.97. The molecule has 8 heteroatoms. The minimum atomic E-state index is 0.935. The van der Waals surface area contributed by atoms with Crippen LogP contribution in [0.1, 0.15) is 32.6 Å². The molecule has 0 aliphatic carbocycles. The zero-order valence-electron chi connectivity index (χ0n) is 23.9. The fourth-order valence-corrected chi connectivity index (χ4v) is 4.71. The average molecular weight is 519 g/mol. The summed E-state index contributed by atoms with van der Waals surface area (Å²) in [5.74, 6) is 0. The summed E-state index contributed by atoms with van der Waals surface area (Å²) >= 11 is 0. The first-order valence-electron chi connectivity index (χ1n) is 15.0. The maximum Gasteiger partial charge on any atom is 0.0231 e. The number of nitrogens with one attached hydrogen (secondary N) is 6. The SMILES string of the molecule is C=C(/C=C\C(=C/C)CN1CCCNCCNCCCNCC1)CN1CCCNCCNCCCNCC1. The third-order valence-electron chi connectivity index (χ3n) is 6.97. The van der Waals surface area contributed by atoms with Gasteiger partial charge in [-0.1, -0.05) is 24.8 Å². The van der Waals surface area contributed by atoms with Crippen molar-refractivity contribution in [3.05, 3.63) is 36.0 Å². The summed E-state index contributed by atoms with van der Waals surface area (Å²) in [6.07, 6.45) is 11.5. The maximum absolute atomic E-state index is 4.41. The Balaban J connectivity index is 1.80. The molecule has 0 amide bonds. The largest absolute Gasteiger partial charge is 0.315 e. The molecule has 8 nitrogen and oxygen atoms in total. The van der Waals surface area contributed by atoms with Crippen LogP contribution in [-0.2, 0) is 0 Å². The van der Waals surface area contributed by atoms with E-state index in [1.165, 1.54) is 36.8 Å². The van der Waals surface area contributed by atoms with E-state index in [0.717, 1.165) is 118 Å². The van der Waals surface area contributed by atoms with Crippen LogP contribution in [-0.4, -0.2) is 128 Å². The van der Waals surface area contributed by atoms with Crippen molar-refractivity contribution in [2.24, 2.45) is 0 Å². The van der Waals surface area contributed by atoms with Crippen LogP contribution in [0.25, 0.3) is 0 Å². The van der Waals surface area contributed by atoms with Gasteiger partial charge in [0.15, 0.2) is 0 Å². The van der Waals surface area contributed by atoms with Crippen molar-refractivity contribution in [1.29, 1.82) is 0 Å². The van der Waals surface area contributed by atoms with E-state index < -0.39 is 0 Å². The summed E-state index contributed by atoms with van der Waals surface area (Å²) in [6, 6.07) is 0. The molecule has 6 N–H and O–H groups in total. The van der Waals surface area contributed by atoms with Crippen LogP contribution in [0.3, 0.4) is 0 Å². The minimum Gasteiger partial charge on any atom is -0.315 e. The van der Waals surface area contributed by atoms with Gasteiger partial charge < -0.3 is 31.9 Å². The summed E-state index contributed by atoms with van der Waals surface area (Å²) < 4.78 is 0. The van der Waals surface area contributed by atoms with Crippen molar-refractivity contribution in [2.75, 3.05) is 118 Å². The number of hydrogen-bond donors (Lipinski definition) is 6. The molecule has 0 unspecified atom stereocenters. The van der Waals surface area contributed by atoms with Crippen molar-refractivity contribution in [3.63, 3.8) is 0 Å². The molecule has 37 heavy (non-hydrogen) atoms. The number of hydrogen-bond acceptors (Lipinski definition) is 8. The Bertz CT molecular complexity index is 593. The van der Waals surface area contributed by atoms with E-state index in [1.54, 1.807) is 0 Å². The second-order valence-electron chi connectivity index (χ2n) is 10.3. The molecule has 0 aromatic heterocycles. The predicted molar refractivity (Wildman–Crippen MR) is 161 cm³/mol. The van der Waals surface area contributed by atoms with Crippen molar-refractivity contribution in [3.8, 4) is 0 Å². The number of rotatable bonds is 6. The van der Waals surface area contributed by atoms with Crippen LogP contribution in [0.15, 0.2) is 36.0 Å². The van der Waals surface area contributed by atoms with Crippen molar-refractivity contribution in [1.82, 2.24) is 41.7 Å². The molecule has 0 aromatic rings. The molecule has 2 aliphatic rings. The molecule has 0 spiro atoms. The van der Waals surface area contributed by atoms with E-state index in [9.17, 15) is 0 Å². The van der Waals surface area contributed by atoms with Gasteiger partial charge in [-0.25, -0.2) is 0 Å². The summed E-state index contributed by atoms with van der Waals surface area (Å²) in [7, 11) is 0. The zero-order valence-corrected chi connectivity index (χ0v) is 23.9. The highest BCUT2D eigenvalue weighted by atomic mass is 15.1. The summed E-state index contributed by atoms with van der Waals surface area (Å²) in [5, 5.41) is 21.4. The van der Waals surface area contributed by atoms with Crippen LogP contribution in [0, 0.1) is 0 Å². The lowest BCUT2D eigenvalue weighted by Gasteiger charge is -2.24. The number of nitrogens with zero attached hydrogens (tertiary/aromatic N) is 2. The van der Waals surface area contributed by atoms with Gasteiger partial charge in [0.05, 0.1) is 0 Å². The van der Waals surface area contributed by atoms with E-state index in [0.29, 0.717) is 0 Å². The normalized spacial score (nSPS) is 23.3. The Kier molecular flexibility index (Phi) is 19.8. The summed E-state index contributed by atoms with van der Waals surface area (Å²) in [6.45, 7) is 25.7. The molecule has 0 atom stereocenters. The van der Waals surface area contributed by atoms with Gasteiger partial charge in [0.1, 0.15) is 0 Å². The van der Waals surface area contributed by atoms with E-state index in [1.807, 2.05) is 0 Å². The van der Waals surface area contributed by atoms with E-state index in [4.69, 9.17) is 0 Å². The lowest BCUT2D eigenvalue weighted by atomic mass is 10.1. The molecule has 0 aromatic carbocycles. The lowest BCUT2D eigenvalue weighted by molar-refractivity contribution is 0.289. The van der Waals surface area contributed by atoms with Crippen LogP contribution < -0.4 is 31.9 Å². The van der Waals surface area contributed by atoms with Gasteiger partial charge in [-0.05, 0) is 96.1 Å². The van der Waals surface area contributed by atoms with Gasteiger partial charge in [0, 0.05) is 65.4 Å². The molecular weight excluding hydrogens is 460 g/mol. The molecule has 2 heterocycles. The molecule has 0 radical (unpaired) electrons. The summed E-state index contributed by atoms with van der Waals surface area (Å²) in [4.78, 5) is 5.15. The molecule has 0 bridgehead atoms. The van der Waals surface area contributed by atoms with Crippen molar-refractivity contribution in [2.45, 2.75) is 32.6 Å². The fraction of sp³-hybridized carbons (Fsp3) is 0.793. The fourth-order valence-electron chi connectivity index (χ4n) is 4.71. The lowest BCUT2D eigenvalue weighted by Crippen LogP contribution is -2.37. The second kappa shape index (κ2) is 22.8. The Morgan fingerprint density at radius 3 is 1.46 bits per heavy atom. The first-order valence-corrected chi connectivity index (χ1v) is 15.0. The Hall–Kier alpha value is -1.10. The van der Waals surface area contributed by atoms with Gasteiger partial charge in [0.2, 0.25) is 0 Å². The average Bonchev–Trinajstić information content (AvgIpc) is 2.90. The first kappa shape index (κ1) is 32.1. The van der Waals surface area contributed by atoms with Crippen molar-refractivity contribution >= 4 is 0 Å². The Morgan fingerprint density at radius 1 is 0.541 bits per heavy atom. The van der Waals surface area contributed by atoms with E-state index in [2.05, 4.69) is 73.4 Å². The molecule has 0 saturated carbocycles. The highest BCUT2D eigenvalue weighted by Crippen LogP contribution is 2.07. The topological polar surface area (TPSA) is 78.7 Å². The first-order chi connectivity index (χ1) is 18.3. The van der Waals surface area contributed by atoms with Gasteiger partial charge in [-0.15, -0.1) is 0 Å². The van der Waals surface area contributed by atoms with Crippen LogP contribution in [0.4, 0.5) is 0 Å². The second-order valence-corrected chi connectivity index (χ2v) is 10.3. The Labute approximate surface area is 228 Å².